The fourth-order valence-corrected chi connectivity index (χ4v) is 4.29. The van der Waals surface area contributed by atoms with E-state index in [2.05, 4.69) is 4.99 Å². The number of thiazole rings is 1. The Bertz CT molecular complexity index is 958. The van der Waals surface area contributed by atoms with Crippen LogP contribution in [0, 0.1) is 12.7 Å². The number of fused-ring (bicyclic) bond motifs is 1. The maximum absolute atomic E-state index is 14.2. The first-order chi connectivity index (χ1) is 12.1. The van der Waals surface area contributed by atoms with E-state index >= 15 is 0 Å². The van der Waals surface area contributed by atoms with Crippen molar-refractivity contribution in [1.82, 2.24) is 4.57 Å². The molecule has 0 aliphatic carbocycles. The summed E-state index contributed by atoms with van der Waals surface area (Å²) in [6, 6.07) is 13.0. The van der Waals surface area contributed by atoms with Crippen LogP contribution in [-0.4, -0.2) is 16.2 Å². The Kier molecular flexibility index (Phi) is 5.71. The predicted molar refractivity (Wildman–Crippen MR) is 103 cm³/mol. The van der Waals surface area contributed by atoms with Gasteiger partial charge in [0.1, 0.15) is 5.82 Å². The Morgan fingerprint density at radius 1 is 1.24 bits per heavy atom. The van der Waals surface area contributed by atoms with Crippen molar-refractivity contribution in [1.29, 1.82) is 0 Å². The van der Waals surface area contributed by atoms with E-state index < -0.39 is 0 Å². The van der Waals surface area contributed by atoms with Gasteiger partial charge in [0.2, 0.25) is 0 Å². The van der Waals surface area contributed by atoms with Crippen molar-refractivity contribution >= 4 is 39.2 Å². The number of rotatable bonds is 5. The molecule has 1 aromatic heterocycles. The van der Waals surface area contributed by atoms with Gasteiger partial charge in [0.15, 0.2) is 4.80 Å². The third kappa shape index (κ3) is 4.19. The van der Waals surface area contributed by atoms with Crippen LogP contribution in [-0.2, 0) is 11.3 Å². The average Bonchev–Trinajstić information content (AvgIpc) is 2.93. The highest BCUT2D eigenvalue weighted by atomic mass is 32.2. The third-order valence-corrected chi connectivity index (χ3v) is 5.74. The smallest absolute Gasteiger partial charge is 0.258 e. The zero-order valence-corrected chi connectivity index (χ0v) is 15.8. The lowest BCUT2D eigenvalue weighted by Gasteiger charge is -2.03. The minimum absolute atomic E-state index is 0.206. The number of amides is 1. The van der Waals surface area contributed by atoms with Gasteiger partial charge in [-0.2, -0.15) is 4.99 Å². The number of halogens is 1. The van der Waals surface area contributed by atoms with Crippen LogP contribution < -0.4 is 4.80 Å². The highest BCUT2D eigenvalue weighted by molar-refractivity contribution is 8.00. The summed E-state index contributed by atoms with van der Waals surface area (Å²) in [5, 5.41) is 0. The Morgan fingerprint density at radius 3 is 2.72 bits per heavy atom. The molecule has 130 valence electrons. The van der Waals surface area contributed by atoms with Crippen molar-refractivity contribution in [2.75, 3.05) is 5.75 Å². The van der Waals surface area contributed by atoms with E-state index in [4.69, 9.17) is 0 Å². The minimum atomic E-state index is -0.273. The van der Waals surface area contributed by atoms with Crippen molar-refractivity contribution in [3.63, 3.8) is 0 Å². The molecule has 0 unspecified atom stereocenters. The van der Waals surface area contributed by atoms with Crippen LogP contribution in [0.25, 0.3) is 10.2 Å². The first-order valence-corrected chi connectivity index (χ1v) is 9.93. The average molecular weight is 375 g/mol. The van der Waals surface area contributed by atoms with Crippen molar-refractivity contribution < 1.29 is 9.18 Å². The minimum Gasteiger partial charge on any atom is -0.314 e. The predicted octanol–water partition coefficient (Wildman–Crippen LogP) is 4.78. The van der Waals surface area contributed by atoms with E-state index in [-0.39, 0.29) is 17.5 Å². The molecular formula is C19H19FN2OS2. The van der Waals surface area contributed by atoms with Gasteiger partial charge in [-0.05, 0) is 37.6 Å². The molecular weight excluding hydrogens is 355 g/mol. The molecule has 0 fully saturated rings. The number of hydrogen-bond donors (Lipinski definition) is 0. The summed E-state index contributed by atoms with van der Waals surface area (Å²) >= 11 is 2.82. The molecule has 1 amide bonds. The first-order valence-electron chi connectivity index (χ1n) is 8.13. The summed E-state index contributed by atoms with van der Waals surface area (Å²) < 4.78 is 16.8. The zero-order valence-electron chi connectivity index (χ0n) is 14.2. The summed E-state index contributed by atoms with van der Waals surface area (Å²) in [6.45, 7) is 4.69. The maximum atomic E-state index is 14.2. The summed E-state index contributed by atoms with van der Waals surface area (Å²) in [5.74, 6) is -0.209. The maximum Gasteiger partial charge on any atom is 0.258 e. The second-order valence-corrected chi connectivity index (χ2v) is 7.79. The van der Waals surface area contributed by atoms with Crippen LogP contribution in [0.5, 0.6) is 0 Å². The van der Waals surface area contributed by atoms with E-state index in [0.29, 0.717) is 16.9 Å². The first kappa shape index (κ1) is 17.9. The molecule has 0 aliphatic rings. The second kappa shape index (κ2) is 7.97. The van der Waals surface area contributed by atoms with Gasteiger partial charge in [0, 0.05) is 11.4 Å². The molecule has 6 heteroatoms. The van der Waals surface area contributed by atoms with E-state index in [1.165, 1.54) is 34.7 Å². The van der Waals surface area contributed by atoms with Gasteiger partial charge >= 0.3 is 0 Å². The Balaban J connectivity index is 1.86. The monoisotopic (exact) mass is 374 g/mol. The largest absolute Gasteiger partial charge is 0.314 e. The number of hydrogen-bond acceptors (Lipinski definition) is 3. The van der Waals surface area contributed by atoms with E-state index in [0.717, 1.165) is 16.0 Å². The van der Waals surface area contributed by atoms with Crippen LogP contribution in [0.15, 0.2) is 52.4 Å². The molecule has 3 rings (SSSR count). The Morgan fingerprint density at radius 2 is 2.00 bits per heavy atom. The molecule has 0 aliphatic heterocycles. The van der Waals surface area contributed by atoms with Crippen LogP contribution in [0.1, 0.15) is 18.9 Å². The number of aryl methyl sites for hydroxylation is 2. The van der Waals surface area contributed by atoms with Crippen molar-refractivity contribution in [3.05, 3.63) is 58.6 Å². The van der Waals surface area contributed by atoms with Gasteiger partial charge in [-0.15, -0.1) is 11.8 Å². The van der Waals surface area contributed by atoms with Gasteiger partial charge in [-0.25, -0.2) is 4.39 Å². The fourth-order valence-electron chi connectivity index (χ4n) is 2.52. The molecule has 2 aromatic carbocycles. The molecule has 0 bridgehead atoms. The van der Waals surface area contributed by atoms with Gasteiger partial charge in [0.05, 0.1) is 16.0 Å². The molecule has 1 heterocycles. The lowest BCUT2D eigenvalue weighted by molar-refractivity contribution is -0.115. The molecule has 0 spiro atoms. The SMILES string of the molecule is CCCn1c(=NC(=O)CSc2ccc(C)cc2)sc2cccc(F)c21. The topological polar surface area (TPSA) is 34.4 Å². The highest BCUT2D eigenvalue weighted by Gasteiger charge is 2.11. The highest BCUT2D eigenvalue weighted by Crippen LogP contribution is 2.21. The third-order valence-electron chi connectivity index (χ3n) is 3.70. The number of nitrogens with zero attached hydrogens (tertiary/aromatic N) is 2. The summed E-state index contributed by atoms with van der Waals surface area (Å²) in [6.07, 6.45) is 0.847. The molecule has 3 nitrogen and oxygen atoms in total. The number of carbonyl (C=O) groups excluding carboxylic acids is 1. The van der Waals surface area contributed by atoms with Crippen LogP contribution in [0.2, 0.25) is 0 Å². The fraction of sp³-hybridized carbons (Fsp3) is 0.263. The second-order valence-electron chi connectivity index (χ2n) is 5.73. The number of para-hydroxylation sites is 1. The number of benzene rings is 2. The quantitative estimate of drug-likeness (QED) is 0.602. The van der Waals surface area contributed by atoms with Gasteiger partial charge in [0.25, 0.3) is 5.91 Å². The zero-order chi connectivity index (χ0) is 17.8. The molecule has 25 heavy (non-hydrogen) atoms. The van der Waals surface area contributed by atoms with Crippen LogP contribution in [0.4, 0.5) is 4.39 Å². The number of aromatic nitrogens is 1. The van der Waals surface area contributed by atoms with E-state index in [1.54, 1.807) is 6.07 Å². The molecule has 0 atom stereocenters. The number of carbonyl (C=O) groups is 1. The lowest BCUT2D eigenvalue weighted by atomic mass is 10.2. The Hall–Kier alpha value is -1.92. The normalized spacial score (nSPS) is 12.0. The Labute approximate surface area is 154 Å². The van der Waals surface area contributed by atoms with Crippen LogP contribution in [0.3, 0.4) is 0 Å². The van der Waals surface area contributed by atoms with Crippen LogP contribution >= 0.6 is 23.1 Å². The van der Waals surface area contributed by atoms with Gasteiger partial charge < -0.3 is 4.57 Å². The van der Waals surface area contributed by atoms with E-state index in [9.17, 15) is 9.18 Å². The molecule has 0 N–H and O–H groups in total. The lowest BCUT2D eigenvalue weighted by Crippen LogP contribution is -2.17. The summed E-state index contributed by atoms with van der Waals surface area (Å²) in [4.78, 5) is 18.1. The van der Waals surface area contributed by atoms with Crippen molar-refractivity contribution in [2.24, 2.45) is 4.99 Å². The summed E-state index contributed by atoms with van der Waals surface area (Å²) in [5.41, 5.74) is 1.72. The van der Waals surface area contributed by atoms with Gasteiger partial charge in [-0.3, -0.25) is 4.79 Å². The molecule has 0 saturated heterocycles. The van der Waals surface area contributed by atoms with E-state index in [1.807, 2.05) is 48.7 Å². The van der Waals surface area contributed by atoms with Gasteiger partial charge in [-0.1, -0.05) is 42.0 Å². The molecule has 0 saturated carbocycles. The summed E-state index contributed by atoms with van der Waals surface area (Å²) in [7, 11) is 0. The van der Waals surface area contributed by atoms with Crippen molar-refractivity contribution in [3.8, 4) is 0 Å². The number of thioether (sulfide) groups is 1. The standard InChI is InChI=1S/C19H19FN2OS2/c1-3-11-22-18-15(20)5-4-6-16(18)25-19(22)21-17(23)12-24-14-9-7-13(2)8-10-14/h4-10H,3,11-12H2,1-2H3. The molecule has 0 radical (unpaired) electrons. The van der Waals surface area contributed by atoms with Crippen molar-refractivity contribution in [2.45, 2.75) is 31.7 Å². The molecule has 3 aromatic rings.